The molecule has 130 valence electrons. The van der Waals surface area contributed by atoms with E-state index in [4.69, 9.17) is 0 Å². The van der Waals surface area contributed by atoms with Crippen molar-refractivity contribution in [2.45, 2.75) is 6.47 Å². The first-order valence-corrected chi connectivity index (χ1v) is 15.3. The molecule has 0 fully saturated rings. The third-order valence-corrected chi connectivity index (χ3v) is 17.6. The van der Waals surface area contributed by atoms with E-state index in [2.05, 4.69) is 159 Å². The SMILES string of the molecule is BrCC1=[C]([Fe][C]2=C(CBr)C(Br)=C(Br)C2(Br)Br)C(Br)(Br)C(Br)=C1Br. The van der Waals surface area contributed by atoms with Crippen molar-refractivity contribution in [3.8, 4) is 0 Å². The van der Waals surface area contributed by atoms with Crippen LogP contribution in [0.1, 0.15) is 0 Å². The van der Waals surface area contributed by atoms with Crippen LogP contribution in [0.25, 0.3) is 0 Å². The predicted octanol–water partition coefficient (Wildman–Crippen LogP) is 9.37. The summed E-state index contributed by atoms with van der Waals surface area (Å²) in [6.07, 6.45) is 0. The summed E-state index contributed by atoms with van der Waals surface area (Å²) in [6, 6.07) is 0. The third kappa shape index (κ3) is 4.26. The molecular weight excluding hydrogens is 999 g/mol. The Bertz CT molecular complexity index is 624. The minimum absolute atomic E-state index is 0.413. The summed E-state index contributed by atoms with van der Waals surface area (Å²) in [5.74, 6) is 0. The quantitative estimate of drug-likeness (QED) is 0.195. The van der Waals surface area contributed by atoms with Gasteiger partial charge in [-0.15, -0.1) is 0 Å². The van der Waals surface area contributed by atoms with Gasteiger partial charge in [-0.2, -0.15) is 0 Å². The minimum atomic E-state index is -0.413. The van der Waals surface area contributed by atoms with Crippen molar-refractivity contribution in [3.05, 3.63) is 38.0 Å². The molecule has 0 amide bonds. The van der Waals surface area contributed by atoms with E-state index in [-0.39, 0.29) is 0 Å². The fourth-order valence-corrected chi connectivity index (χ4v) is 12.7. The molecule has 0 nitrogen and oxygen atoms in total. The van der Waals surface area contributed by atoms with Crippen LogP contribution in [-0.2, 0) is 15.0 Å². The average Bonchev–Trinajstić information content (AvgIpc) is 2.75. The second kappa shape index (κ2) is 8.97. The second-order valence-corrected chi connectivity index (χ2v) is 16.9. The molecule has 0 unspecified atom stereocenters. The number of rotatable bonds is 4. The molecule has 0 heterocycles. The predicted molar refractivity (Wildman–Crippen MR) is 133 cm³/mol. The zero-order chi connectivity index (χ0) is 17.7. The molecule has 0 saturated carbocycles. The molecule has 0 radical (unpaired) electrons. The van der Waals surface area contributed by atoms with Gasteiger partial charge in [0.2, 0.25) is 0 Å². The zero-order valence-electron chi connectivity index (χ0n) is 10.5. The van der Waals surface area contributed by atoms with E-state index in [1.54, 1.807) is 0 Å². The van der Waals surface area contributed by atoms with Crippen molar-refractivity contribution >= 4 is 159 Å². The second-order valence-electron chi connectivity index (χ2n) is 4.32. The number of alkyl halides is 6. The summed E-state index contributed by atoms with van der Waals surface area (Å²) in [7, 11) is 0. The summed E-state index contributed by atoms with van der Waals surface area (Å²) < 4.78 is 5.87. The molecule has 0 aromatic rings. The van der Waals surface area contributed by atoms with Crippen LogP contribution in [0.4, 0.5) is 0 Å². The molecule has 0 saturated heterocycles. The van der Waals surface area contributed by atoms with Crippen molar-refractivity contribution in [2.75, 3.05) is 10.7 Å². The van der Waals surface area contributed by atoms with E-state index >= 15 is 0 Å². The molecule has 23 heavy (non-hydrogen) atoms. The molecule has 2 rings (SSSR count). The Labute approximate surface area is 225 Å². The topological polar surface area (TPSA) is 0 Å². The van der Waals surface area contributed by atoms with Gasteiger partial charge >= 0.3 is 229 Å². The normalized spacial score (nSPS) is 23.9. The first kappa shape index (κ1) is 23.6. The van der Waals surface area contributed by atoms with Crippen molar-refractivity contribution in [1.29, 1.82) is 0 Å². The molecule has 2 aliphatic carbocycles. The van der Waals surface area contributed by atoms with Crippen LogP contribution in [0, 0.1) is 0 Å². The summed E-state index contributed by atoms with van der Waals surface area (Å²) in [5, 5.41) is 1.53. The number of halogens is 10. The molecule has 2 aliphatic rings. The van der Waals surface area contributed by atoms with Crippen LogP contribution in [0.5, 0.6) is 0 Å². The molecule has 0 atom stereocenters. The van der Waals surface area contributed by atoms with Crippen LogP contribution < -0.4 is 0 Å². The Morgan fingerprint density at radius 3 is 1.22 bits per heavy atom. The molecule has 0 N–H and O–H groups in total. The fraction of sp³-hybridized carbons (Fsp3) is 0.333. The standard InChI is InChI=1S/2C6H2Br5.Fe/c2*7-2-3-1-6(10,11)5(9)4(3)8;/h2*2H2;. The van der Waals surface area contributed by atoms with Crippen LogP contribution in [0.15, 0.2) is 38.0 Å². The number of hydrogen-bond donors (Lipinski definition) is 0. The van der Waals surface area contributed by atoms with E-state index in [1.165, 1.54) is 20.1 Å². The van der Waals surface area contributed by atoms with E-state index in [1.807, 2.05) is 0 Å². The summed E-state index contributed by atoms with van der Waals surface area (Å²) in [4.78, 5) is 0. The van der Waals surface area contributed by atoms with Crippen LogP contribution >= 0.6 is 159 Å². The Balaban J connectivity index is 2.55. The van der Waals surface area contributed by atoms with Crippen molar-refractivity contribution in [1.82, 2.24) is 0 Å². The molecule has 0 aromatic heterocycles. The Morgan fingerprint density at radius 2 is 0.957 bits per heavy atom. The van der Waals surface area contributed by atoms with Gasteiger partial charge in [0.25, 0.3) is 0 Å². The first-order valence-electron chi connectivity index (χ1n) is 5.61. The van der Waals surface area contributed by atoms with Gasteiger partial charge in [0.15, 0.2) is 0 Å². The Morgan fingerprint density at radius 1 is 0.652 bits per heavy atom. The molecule has 0 aromatic carbocycles. The molecule has 0 aliphatic heterocycles. The van der Waals surface area contributed by atoms with E-state index in [0.29, 0.717) is 0 Å². The number of hydrogen-bond acceptors (Lipinski definition) is 0. The maximum atomic E-state index is 3.81. The van der Waals surface area contributed by atoms with Gasteiger partial charge in [0.05, 0.1) is 0 Å². The van der Waals surface area contributed by atoms with Gasteiger partial charge in [-0.25, -0.2) is 0 Å². The van der Waals surface area contributed by atoms with Crippen molar-refractivity contribution in [3.63, 3.8) is 0 Å². The van der Waals surface area contributed by atoms with Crippen molar-refractivity contribution < 1.29 is 15.0 Å². The van der Waals surface area contributed by atoms with Crippen LogP contribution in [0.2, 0.25) is 0 Å². The third-order valence-electron chi connectivity index (χ3n) is 2.96. The Kier molecular flexibility index (Phi) is 9.18. The molecule has 0 spiro atoms. The van der Waals surface area contributed by atoms with E-state index in [0.717, 1.165) is 43.5 Å². The van der Waals surface area contributed by atoms with Gasteiger partial charge in [-0.05, 0) is 0 Å². The monoisotopic (exact) mass is 993 g/mol. The average molecular weight is 1000 g/mol. The summed E-state index contributed by atoms with van der Waals surface area (Å²) in [5.41, 5.74) is 2.45. The van der Waals surface area contributed by atoms with Gasteiger partial charge in [-0.1, -0.05) is 0 Å². The van der Waals surface area contributed by atoms with Gasteiger partial charge in [0.1, 0.15) is 0 Å². The van der Waals surface area contributed by atoms with Crippen molar-refractivity contribution in [2.24, 2.45) is 0 Å². The molecule has 0 bridgehead atoms. The van der Waals surface area contributed by atoms with Gasteiger partial charge < -0.3 is 0 Å². The molecule has 11 heteroatoms. The van der Waals surface area contributed by atoms with Gasteiger partial charge in [0, 0.05) is 0 Å². The van der Waals surface area contributed by atoms with Crippen LogP contribution in [-0.4, -0.2) is 17.1 Å². The molecular formula is C12H4Br10Fe. The van der Waals surface area contributed by atoms with Crippen LogP contribution in [0.3, 0.4) is 0 Å². The Hall–Kier alpha value is 4.28. The fourth-order valence-electron chi connectivity index (χ4n) is 1.83. The van der Waals surface area contributed by atoms with E-state index < -0.39 is 6.47 Å². The summed E-state index contributed by atoms with van der Waals surface area (Å²) >= 11 is 38.0. The van der Waals surface area contributed by atoms with Gasteiger partial charge in [-0.3, -0.25) is 0 Å². The number of allylic oxidation sites excluding steroid dienone is 8. The maximum absolute atomic E-state index is 3.81. The zero-order valence-corrected chi connectivity index (χ0v) is 27.5. The summed E-state index contributed by atoms with van der Waals surface area (Å²) in [6.45, 7) is 0. The first-order chi connectivity index (χ1) is 10.5. The van der Waals surface area contributed by atoms with E-state index in [9.17, 15) is 0 Å².